The fraction of sp³-hybridized carbons (Fsp3) is 0.611. The molecule has 2 aliphatic heterocycles. The van der Waals surface area contributed by atoms with Crippen molar-refractivity contribution in [2.75, 3.05) is 45.8 Å². The summed E-state index contributed by atoms with van der Waals surface area (Å²) in [5, 5.41) is 0. The van der Waals surface area contributed by atoms with E-state index in [1.165, 1.54) is 22.5 Å². The van der Waals surface area contributed by atoms with Gasteiger partial charge < -0.3 is 9.64 Å². The van der Waals surface area contributed by atoms with Gasteiger partial charge >= 0.3 is 0 Å². The second-order valence-electron chi connectivity index (χ2n) is 7.17. The zero-order valence-electron chi connectivity index (χ0n) is 15.7. The molecule has 27 heavy (non-hydrogen) atoms. The molecule has 0 radical (unpaired) electrons. The van der Waals surface area contributed by atoms with Gasteiger partial charge in [-0.15, -0.1) is 0 Å². The first-order valence-corrected chi connectivity index (χ1v) is 10.6. The van der Waals surface area contributed by atoms with E-state index in [0.29, 0.717) is 26.2 Å². The van der Waals surface area contributed by atoms with Crippen molar-refractivity contribution >= 4 is 15.9 Å². The van der Waals surface area contributed by atoms with Crippen LogP contribution in [0.5, 0.6) is 0 Å². The van der Waals surface area contributed by atoms with E-state index in [4.69, 9.17) is 4.74 Å². The molecule has 1 amide bonds. The van der Waals surface area contributed by atoms with Crippen LogP contribution in [0.15, 0.2) is 29.2 Å². The maximum Gasteiger partial charge on any atom is 0.246 e. The summed E-state index contributed by atoms with van der Waals surface area (Å²) in [5.74, 6) is -0.715. The van der Waals surface area contributed by atoms with Crippen LogP contribution < -0.4 is 0 Å². The molecule has 2 aliphatic rings. The number of piperazine rings is 1. The molecule has 0 unspecified atom stereocenters. The van der Waals surface area contributed by atoms with Gasteiger partial charge in [0, 0.05) is 39.3 Å². The highest BCUT2D eigenvalue weighted by Gasteiger charge is 2.32. The summed E-state index contributed by atoms with van der Waals surface area (Å²) < 4.78 is 46.1. The minimum Gasteiger partial charge on any atom is -0.372 e. The van der Waals surface area contributed by atoms with Crippen molar-refractivity contribution in [1.29, 1.82) is 0 Å². The zero-order valence-corrected chi connectivity index (χ0v) is 16.5. The summed E-state index contributed by atoms with van der Waals surface area (Å²) in [4.78, 5) is 16.0. The van der Waals surface area contributed by atoms with E-state index in [-0.39, 0.29) is 42.6 Å². The summed E-state index contributed by atoms with van der Waals surface area (Å²) in [6.45, 7) is 6.65. The molecule has 7 nitrogen and oxygen atoms in total. The van der Waals surface area contributed by atoms with Gasteiger partial charge in [0.2, 0.25) is 15.9 Å². The summed E-state index contributed by atoms with van der Waals surface area (Å²) in [6, 6.07) is 5.40. The summed E-state index contributed by atoms with van der Waals surface area (Å²) in [7, 11) is -3.86. The Morgan fingerprint density at radius 3 is 2.30 bits per heavy atom. The molecule has 150 valence electrons. The average molecular weight is 399 g/mol. The van der Waals surface area contributed by atoms with Crippen molar-refractivity contribution < 1.29 is 22.3 Å². The number of hydrogen-bond donors (Lipinski definition) is 0. The number of hydrogen-bond acceptors (Lipinski definition) is 5. The number of ether oxygens (including phenoxy) is 1. The molecule has 2 fully saturated rings. The largest absolute Gasteiger partial charge is 0.372 e. The van der Waals surface area contributed by atoms with Gasteiger partial charge in [-0.25, -0.2) is 12.8 Å². The van der Waals surface area contributed by atoms with Crippen molar-refractivity contribution in [3.05, 3.63) is 30.1 Å². The number of amides is 1. The standard InChI is InChI=1S/C18H26FN3O4S/c1-14-11-21(12-15(2)26-14)18(23)13-20-7-9-22(10-8-20)27(24,25)17-6-4-3-5-16(17)19/h3-6,14-15H,7-13H2,1-2H3/t14-,15-/m0/s1. The smallest absolute Gasteiger partial charge is 0.246 e. The highest BCUT2D eigenvalue weighted by atomic mass is 32.2. The van der Waals surface area contributed by atoms with E-state index in [2.05, 4.69) is 0 Å². The lowest BCUT2D eigenvalue weighted by molar-refractivity contribution is -0.144. The summed E-state index contributed by atoms with van der Waals surface area (Å²) in [5.41, 5.74) is 0. The Morgan fingerprint density at radius 1 is 1.11 bits per heavy atom. The van der Waals surface area contributed by atoms with Gasteiger partial charge in [0.25, 0.3) is 0 Å². The molecular weight excluding hydrogens is 373 g/mol. The van der Waals surface area contributed by atoms with E-state index in [0.717, 1.165) is 6.07 Å². The monoisotopic (exact) mass is 399 g/mol. The predicted molar refractivity (Wildman–Crippen MR) is 98.2 cm³/mol. The van der Waals surface area contributed by atoms with E-state index in [1.807, 2.05) is 18.7 Å². The van der Waals surface area contributed by atoms with Crippen LogP contribution in [0.3, 0.4) is 0 Å². The Labute approximate surface area is 159 Å². The number of halogens is 1. The van der Waals surface area contributed by atoms with Crippen LogP contribution in [0.2, 0.25) is 0 Å². The second kappa shape index (κ2) is 8.22. The number of nitrogens with zero attached hydrogens (tertiary/aromatic N) is 3. The highest BCUT2D eigenvalue weighted by molar-refractivity contribution is 7.89. The molecule has 0 N–H and O–H groups in total. The van der Waals surface area contributed by atoms with E-state index in [1.54, 1.807) is 4.90 Å². The molecule has 9 heteroatoms. The van der Waals surface area contributed by atoms with Crippen molar-refractivity contribution in [2.24, 2.45) is 0 Å². The topological polar surface area (TPSA) is 70.2 Å². The molecule has 0 bridgehead atoms. The van der Waals surface area contributed by atoms with Crippen LogP contribution in [-0.4, -0.2) is 86.5 Å². The van der Waals surface area contributed by atoms with Gasteiger partial charge in [0.05, 0.1) is 18.8 Å². The Kier molecular flexibility index (Phi) is 6.15. The van der Waals surface area contributed by atoms with Gasteiger partial charge in [0.1, 0.15) is 10.7 Å². The van der Waals surface area contributed by atoms with Crippen LogP contribution in [0.25, 0.3) is 0 Å². The van der Waals surface area contributed by atoms with Gasteiger partial charge in [-0.1, -0.05) is 12.1 Å². The van der Waals surface area contributed by atoms with Crippen LogP contribution in [0, 0.1) is 5.82 Å². The number of rotatable bonds is 4. The molecule has 2 atom stereocenters. The Balaban J connectivity index is 1.56. The minimum absolute atomic E-state index is 0.0143. The van der Waals surface area contributed by atoms with Gasteiger partial charge in [-0.05, 0) is 26.0 Å². The van der Waals surface area contributed by atoms with Crippen LogP contribution >= 0.6 is 0 Å². The summed E-state index contributed by atoms with van der Waals surface area (Å²) >= 11 is 0. The second-order valence-corrected chi connectivity index (χ2v) is 9.07. The highest BCUT2D eigenvalue weighted by Crippen LogP contribution is 2.20. The molecule has 2 saturated heterocycles. The summed E-state index contributed by atoms with van der Waals surface area (Å²) in [6.07, 6.45) is 0.0286. The molecular formula is C18H26FN3O4S. The van der Waals surface area contributed by atoms with E-state index < -0.39 is 15.8 Å². The van der Waals surface area contributed by atoms with Crippen LogP contribution in [0.1, 0.15) is 13.8 Å². The average Bonchev–Trinajstić information content (AvgIpc) is 2.61. The predicted octanol–water partition coefficient (Wildman–Crippen LogP) is 0.768. The normalized spacial score (nSPS) is 25.5. The van der Waals surface area contributed by atoms with Crippen LogP contribution in [-0.2, 0) is 19.6 Å². The third-order valence-electron chi connectivity index (χ3n) is 4.92. The Morgan fingerprint density at radius 2 is 1.70 bits per heavy atom. The Hall–Kier alpha value is -1.55. The third-order valence-corrected chi connectivity index (χ3v) is 6.85. The lowest BCUT2D eigenvalue weighted by Crippen LogP contribution is -2.54. The van der Waals surface area contributed by atoms with Crippen molar-refractivity contribution in [1.82, 2.24) is 14.1 Å². The molecule has 0 aliphatic carbocycles. The quantitative estimate of drug-likeness (QED) is 0.748. The molecule has 1 aromatic rings. The SMILES string of the molecule is C[C@H]1CN(C(=O)CN2CCN(S(=O)(=O)c3ccccc3F)CC2)C[C@H](C)O1. The van der Waals surface area contributed by atoms with Gasteiger partial charge in [-0.3, -0.25) is 9.69 Å². The molecule has 0 spiro atoms. The van der Waals surface area contributed by atoms with Crippen molar-refractivity contribution in [2.45, 2.75) is 31.0 Å². The number of sulfonamides is 1. The van der Waals surface area contributed by atoms with Crippen molar-refractivity contribution in [3.63, 3.8) is 0 Å². The zero-order chi connectivity index (χ0) is 19.6. The third kappa shape index (κ3) is 4.66. The van der Waals surface area contributed by atoms with E-state index in [9.17, 15) is 17.6 Å². The number of benzene rings is 1. The van der Waals surface area contributed by atoms with Gasteiger partial charge in [-0.2, -0.15) is 4.31 Å². The first kappa shape index (κ1) is 20.2. The van der Waals surface area contributed by atoms with Gasteiger partial charge in [0.15, 0.2) is 0 Å². The van der Waals surface area contributed by atoms with E-state index >= 15 is 0 Å². The Bertz CT molecular complexity index is 771. The molecule has 0 aromatic heterocycles. The lowest BCUT2D eigenvalue weighted by atomic mass is 10.2. The fourth-order valence-corrected chi connectivity index (χ4v) is 5.08. The minimum atomic E-state index is -3.86. The molecule has 1 aromatic carbocycles. The molecule has 0 saturated carbocycles. The van der Waals surface area contributed by atoms with Crippen molar-refractivity contribution in [3.8, 4) is 0 Å². The lowest BCUT2D eigenvalue weighted by Gasteiger charge is -2.38. The maximum absolute atomic E-state index is 13.9. The van der Waals surface area contributed by atoms with Crippen LogP contribution in [0.4, 0.5) is 4.39 Å². The molecule has 2 heterocycles. The fourth-order valence-electron chi connectivity index (χ4n) is 3.59. The maximum atomic E-state index is 13.9. The number of morpholine rings is 1. The molecule has 3 rings (SSSR count). The number of carbonyl (C=O) groups is 1. The first-order chi connectivity index (χ1) is 12.8. The number of carbonyl (C=O) groups excluding carboxylic acids is 1. The first-order valence-electron chi connectivity index (χ1n) is 9.17.